The van der Waals surface area contributed by atoms with Gasteiger partial charge in [0.1, 0.15) is 18.1 Å². The molecule has 1 fully saturated rings. The minimum atomic E-state index is -0.668. The summed E-state index contributed by atoms with van der Waals surface area (Å²) in [5.41, 5.74) is 5.42. The van der Waals surface area contributed by atoms with E-state index in [1.54, 1.807) is 6.08 Å². The lowest BCUT2D eigenvalue weighted by molar-refractivity contribution is -0.127. The summed E-state index contributed by atoms with van der Waals surface area (Å²) in [4.78, 5) is 40.7. The number of imide groups is 1. The van der Waals surface area contributed by atoms with Gasteiger partial charge in [-0.1, -0.05) is 6.08 Å². The first kappa shape index (κ1) is 23.2. The van der Waals surface area contributed by atoms with Gasteiger partial charge in [0.15, 0.2) is 0 Å². The van der Waals surface area contributed by atoms with Crippen molar-refractivity contribution in [1.29, 1.82) is 0 Å². The zero-order chi connectivity index (χ0) is 24.8. The largest absolute Gasteiger partial charge is 0.365 e. The van der Waals surface area contributed by atoms with E-state index in [-0.39, 0.29) is 11.2 Å². The van der Waals surface area contributed by atoms with Gasteiger partial charge in [-0.25, -0.2) is 14.1 Å². The molecule has 2 aromatic rings. The Bertz CT molecular complexity index is 1260. The van der Waals surface area contributed by atoms with Gasteiger partial charge >= 0.3 is 6.03 Å². The molecule has 2 N–H and O–H groups in total. The first-order valence-corrected chi connectivity index (χ1v) is 10.9. The zero-order valence-electron chi connectivity index (χ0n) is 19.8. The fraction of sp³-hybridized carbons (Fsp3) is 0.269. The van der Waals surface area contributed by atoms with Gasteiger partial charge in [0, 0.05) is 24.0 Å². The molecule has 7 nitrogen and oxygen atoms in total. The van der Waals surface area contributed by atoms with Gasteiger partial charge in [-0.2, -0.15) is 0 Å². The van der Waals surface area contributed by atoms with Crippen LogP contribution in [-0.4, -0.2) is 41.9 Å². The molecule has 4 amide bonds. The average molecular weight is 463 g/mol. The van der Waals surface area contributed by atoms with Gasteiger partial charge in [0.2, 0.25) is 5.91 Å². The number of likely N-dealkylation sites (N-methyl/N-ethyl adjacent to an activating group) is 1. The normalized spacial score (nSPS) is 18.1. The quantitative estimate of drug-likeness (QED) is 0.525. The lowest BCUT2D eigenvalue weighted by atomic mass is 9.87. The van der Waals surface area contributed by atoms with Crippen LogP contribution in [0.3, 0.4) is 0 Å². The molecule has 2 aliphatic rings. The number of benzene rings is 2. The molecular formula is C26H27FN4O3. The van der Waals surface area contributed by atoms with E-state index in [9.17, 15) is 18.8 Å². The van der Waals surface area contributed by atoms with Crippen molar-refractivity contribution in [2.24, 2.45) is 0 Å². The highest BCUT2D eigenvalue weighted by molar-refractivity contribution is 6.16. The van der Waals surface area contributed by atoms with Crippen molar-refractivity contribution in [3.05, 3.63) is 70.7 Å². The summed E-state index contributed by atoms with van der Waals surface area (Å²) in [7, 11) is 2.05. The number of nitrogens with one attached hydrogen (secondary N) is 2. The van der Waals surface area contributed by atoms with Crippen molar-refractivity contribution in [2.45, 2.75) is 33.2 Å². The van der Waals surface area contributed by atoms with Crippen molar-refractivity contribution < 1.29 is 18.8 Å². The van der Waals surface area contributed by atoms with Crippen LogP contribution < -0.4 is 15.5 Å². The molecule has 8 heteroatoms. The van der Waals surface area contributed by atoms with Crippen molar-refractivity contribution >= 4 is 40.9 Å². The third kappa shape index (κ3) is 4.31. The monoisotopic (exact) mass is 462 g/mol. The molecular weight excluding hydrogens is 435 g/mol. The summed E-state index contributed by atoms with van der Waals surface area (Å²) in [6.07, 6.45) is 3.84. The van der Waals surface area contributed by atoms with Gasteiger partial charge in [-0.15, -0.1) is 0 Å². The van der Waals surface area contributed by atoms with E-state index in [1.165, 1.54) is 24.3 Å². The van der Waals surface area contributed by atoms with E-state index < -0.39 is 30.2 Å². The number of aryl methyl sites for hydroxylation is 1. The van der Waals surface area contributed by atoms with Crippen LogP contribution in [0, 0.1) is 12.7 Å². The number of carbonyl (C=O) groups excluding carboxylic acids is 3. The van der Waals surface area contributed by atoms with Gasteiger partial charge in [0.25, 0.3) is 5.91 Å². The topological polar surface area (TPSA) is 81.8 Å². The molecule has 1 saturated heterocycles. The Hall–Kier alpha value is -3.94. The summed E-state index contributed by atoms with van der Waals surface area (Å²) in [6.45, 7) is 7.86. The third-order valence-electron chi connectivity index (χ3n) is 6.30. The molecule has 0 unspecified atom stereocenters. The summed E-state index contributed by atoms with van der Waals surface area (Å²) in [5, 5.41) is 5.11. The molecule has 2 aliphatic heterocycles. The predicted octanol–water partition coefficient (Wildman–Crippen LogP) is 4.30. The van der Waals surface area contributed by atoms with Crippen molar-refractivity contribution in [1.82, 2.24) is 10.2 Å². The molecule has 0 aromatic heterocycles. The summed E-state index contributed by atoms with van der Waals surface area (Å²) in [6, 6.07) is 8.64. The van der Waals surface area contributed by atoms with Crippen LogP contribution in [0.1, 0.15) is 37.5 Å². The fourth-order valence-corrected chi connectivity index (χ4v) is 4.22. The van der Waals surface area contributed by atoms with Gasteiger partial charge in [-0.3, -0.25) is 9.59 Å². The molecule has 2 aromatic carbocycles. The molecule has 2 heterocycles. The van der Waals surface area contributed by atoms with Crippen molar-refractivity contribution in [2.75, 3.05) is 23.8 Å². The smallest absolute Gasteiger partial charge is 0.329 e. The number of amides is 4. The predicted molar refractivity (Wildman–Crippen MR) is 131 cm³/mol. The maximum Gasteiger partial charge on any atom is 0.329 e. The van der Waals surface area contributed by atoms with E-state index in [4.69, 9.17) is 0 Å². The molecule has 176 valence electrons. The van der Waals surface area contributed by atoms with Crippen LogP contribution in [0.2, 0.25) is 0 Å². The second-order valence-electron chi connectivity index (χ2n) is 9.20. The Labute approximate surface area is 197 Å². The number of anilines is 2. The number of hydrogen-bond donors (Lipinski definition) is 2. The first-order valence-electron chi connectivity index (χ1n) is 10.9. The van der Waals surface area contributed by atoms with Gasteiger partial charge in [-0.05, 0) is 86.9 Å². The van der Waals surface area contributed by atoms with Crippen LogP contribution in [0.5, 0.6) is 0 Å². The Balaban J connectivity index is 1.55. The highest BCUT2D eigenvalue weighted by atomic mass is 19.1. The number of fused-ring (bicyclic) bond motifs is 1. The van der Waals surface area contributed by atoms with E-state index >= 15 is 0 Å². The van der Waals surface area contributed by atoms with Crippen LogP contribution in [0.25, 0.3) is 11.6 Å². The number of rotatable bonds is 4. The van der Waals surface area contributed by atoms with E-state index in [1.807, 2.05) is 13.0 Å². The molecule has 0 atom stereocenters. The maximum absolute atomic E-state index is 13.0. The number of halogens is 1. The third-order valence-corrected chi connectivity index (χ3v) is 6.30. The lowest BCUT2D eigenvalue weighted by Crippen LogP contribution is -2.42. The summed E-state index contributed by atoms with van der Waals surface area (Å²) < 4.78 is 13.0. The van der Waals surface area contributed by atoms with Crippen LogP contribution in [-0.2, 0) is 9.59 Å². The number of hydrogen-bond acceptors (Lipinski definition) is 4. The minimum Gasteiger partial charge on any atom is -0.365 e. The highest BCUT2D eigenvalue weighted by Crippen LogP contribution is 2.39. The molecule has 0 spiro atoms. The lowest BCUT2D eigenvalue weighted by Gasteiger charge is -2.41. The van der Waals surface area contributed by atoms with E-state index in [0.717, 1.165) is 32.9 Å². The standard InChI is InChI=1S/C26H27FN4O3/c1-15-10-22-20(16(2)13-26(3,4)30(22)5)11-17(15)12-21-24(33)31(25(34)29-21)14-23(32)28-19-8-6-18(27)7-9-19/h6-13H,14H2,1-5H3,(H,28,32)(H,29,34)/b21-12+. The number of allylic oxidation sites excluding steroid dienone is 1. The molecule has 0 saturated carbocycles. The molecule has 0 radical (unpaired) electrons. The maximum atomic E-state index is 13.0. The SMILES string of the molecule is CC1=CC(C)(C)N(C)c2cc(C)c(/C=C3/NC(=O)N(CC(=O)Nc4ccc(F)cc4)C3=O)cc21. The van der Waals surface area contributed by atoms with E-state index in [2.05, 4.69) is 55.5 Å². The van der Waals surface area contributed by atoms with Crippen molar-refractivity contribution in [3.8, 4) is 0 Å². The number of carbonyl (C=O) groups is 3. The van der Waals surface area contributed by atoms with Gasteiger partial charge < -0.3 is 15.5 Å². The van der Waals surface area contributed by atoms with Crippen LogP contribution in [0.15, 0.2) is 48.2 Å². The van der Waals surface area contributed by atoms with Gasteiger partial charge in [0.05, 0.1) is 5.54 Å². The Kier molecular flexibility index (Phi) is 5.77. The van der Waals surface area contributed by atoms with E-state index in [0.29, 0.717) is 5.69 Å². The summed E-state index contributed by atoms with van der Waals surface area (Å²) in [5.74, 6) is -1.57. The highest BCUT2D eigenvalue weighted by Gasteiger charge is 2.35. The minimum absolute atomic E-state index is 0.105. The Morgan fingerprint density at radius 2 is 1.82 bits per heavy atom. The molecule has 4 rings (SSSR count). The fourth-order valence-electron chi connectivity index (χ4n) is 4.22. The second-order valence-corrected chi connectivity index (χ2v) is 9.20. The Morgan fingerprint density at radius 1 is 1.15 bits per heavy atom. The van der Waals surface area contributed by atoms with Crippen LogP contribution >= 0.6 is 0 Å². The first-order chi connectivity index (χ1) is 16.0. The van der Waals surface area contributed by atoms with Crippen molar-refractivity contribution in [3.63, 3.8) is 0 Å². The molecule has 34 heavy (non-hydrogen) atoms. The summed E-state index contributed by atoms with van der Waals surface area (Å²) >= 11 is 0. The molecule has 0 bridgehead atoms. The van der Waals surface area contributed by atoms with Crippen LogP contribution in [0.4, 0.5) is 20.6 Å². The number of urea groups is 1. The zero-order valence-corrected chi connectivity index (χ0v) is 19.8. The second kappa shape index (κ2) is 8.44. The number of nitrogens with zero attached hydrogens (tertiary/aromatic N) is 2. The Morgan fingerprint density at radius 3 is 2.50 bits per heavy atom. The molecule has 0 aliphatic carbocycles. The average Bonchev–Trinajstić information content (AvgIpc) is 3.02.